The highest BCUT2D eigenvalue weighted by atomic mass is 16.6. The van der Waals surface area contributed by atoms with Crippen molar-refractivity contribution < 1.29 is 23.9 Å². The Morgan fingerprint density at radius 3 is 2.33 bits per heavy atom. The average Bonchev–Trinajstić information content (AvgIpc) is 3.01. The van der Waals surface area contributed by atoms with E-state index in [0.29, 0.717) is 11.4 Å². The minimum Gasteiger partial charge on any atom is -0.444 e. The number of anilines is 2. The van der Waals surface area contributed by atoms with Crippen LogP contribution < -0.4 is 20.4 Å². The second-order valence-corrected chi connectivity index (χ2v) is 11.0. The van der Waals surface area contributed by atoms with Gasteiger partial charge in [0.1, 0.15) is 11.6 Å². The van der Waals surface area contributed by atoms with Crippen LogP contribution in [0, 0.1) is 5.92 Å². The van der Waals surface area contributed by atoms with Gasteiger partial charge in [0.25, 0.3) is 5.91 Å². The molecule has 0 aliphatic carbocycles. The summed E-state index contributed by atoms with van der Waals surface area (Å²) < 4.78 is 5.24. The zero-order valence-corrected chi connectivity index (χ0v) is 23.6. The third-order valence-corrected chi connectivity index (χ3v) is 6.70. The number of hydrogen-bond donors (Lipinski definition) is 2. The molecule has 0 unspecified atom stereocenters. The van der Waals surface area contributed by atoms with Gasteiger partial charge < -0.3 is 25.2 Å². The van der Waals surface area contributed by atoms with Gasteiger partial charge in [-0.05, 0) is 49.2 Å². The van der Waals surface area contributed by atoms with E-state index in [4.69, 9.17) is 4.74 Å². The van der Waals surface area contributed by atoms with Gasteiger partial charge in [-0.1, -0.05) is 61.5 Å². The Bertz CT molecular complexity index is 1430. The molecule has 9 nitrogen and oxygen atoms in total. The van der Waals surface area contributed by atoms with Crippen molar-refractivity contribution in [1.29, 1.82) is 0 Å². The van der Waals surface area contributed by atoms with Crippen molar-refractivity contribution >= 4 is 46.0 Å². The maximum Gasteiger partial charge on any atom is 0.407 e. The van der Waals surface area contributed by atoms with E-state index in [1.807, 2.05) is 60.7 Å². The van der Waals surface area contributed by atoms with Crippen molar-refractivity contribution in [3.05, 3.63) is 72.3 Å². The van der Waals surface area contributed by atoms with Crippen molar-refractivity contribution in [3.8, 4) is 0 Å². The van der Waals surface area contributed by atoms with Crippen LogP contribution in [-0.4, -0.2) is 48.5 Å². The molecule has 0 saturated carbocycles. The Hall–Kier alpha value is -4.40. The topological polar surface area (TPSA) is 108 Å². The third kappa shape index (κ3) is 6.59. The van der Waals surface area contributed by atoms with Gasteiger partial charge in [-0.25, -0.2) is 4.79 Å². The number of carbonyl (C=O) groups excluding carboxylic acids is 4. The molecule has 4 rings (SSSR count). The first-order valence-corrected chi connectivity index (χ1v) is 13.4. The number of rotatable bonds is 6. The maximum atomic E-state index is 14.1. The number of carbonyl (C=O) groups is 4. The van der Waals surface area contributed by atoms with Crippen molar-refractivity contribution in [2.24, 2.45) is 5.92 Å². The van der Waals surface area contributed by atoms with Gasteiger partial charge in [0.15, 0.2) is 0 Å². The summed E-state index contributed by atoms with van der Waals surface area (Å²) >= 11 is 0. The molecule has 9 heteroatoms. The maximum absolute atomic E-state index is 14.1. The zero-order valence-electron chi connectivity index (χ0n) is 23.6. The first-order chi connectivity index (χ1) is 18.9. The minimum absolute atomic E-state index is 0.0187. The summed E-state index contributed by atoms with van der Waals surface area (Å²) in [6.45, 7) is 8.61. The van der Waals surface area contributed by atoms with Crippen LogP contribution >= 0.6 is 0 Å². The van der Waals surface area contributed by atoms with Crippen LogP contribution in [0.2, 0.25) is 0 Å². The predicted octanol–water partition coefficient (Wildman–Crippen LogP) is 4.39. The van der Waals surface area contributed by atoms with E-state index >= 15 is 0 Å². The lowest BCUT2D eigenvalue weighted by Crippen LogP contribution is -2.54. The van der Waals surface area contributed by atoms with E-state index in [1.54, 1.807) is 38.7 Å². The number of ether oxygens (including phenoxy) is 1. The Labute approximate surface area is 234 Å². The molecule has 2 atom stereocenters. The van der Waals surface area contributed by atoms with Gasteiger partial charge in [-0.3, -0.25) is 14.4 Å². The molecule has 0 radical (unpaired) electrons. The SMILES string of the molecule is CC(=O)N1C[C@H](NC(=O)[C@@H](C)CNC(=O)OC(C)(C)C)C(=O)N(Cc2cccc3ccccc23)c2ccccc21. The van der Waals surface area contributed by atoms with E-state index < -0.39 is 29.6 Å². The van der Waals surface area contributed by atoms with Gasteiger partial charge in [-0.2, -0.15) is 0 Å². The van der Waals surface area contributed by atoms with Crippen LogP contribution in [0.15, 0.2) is 66.7 Å². The van der Waals surface area contributed by atoms with Gasteiger partial charge in [-0.15, -0.1) is 0 Å². The first kappa shape index (κ1) is 28.6. The fourth-order valence-electron chi connectivity index (χ4n) is 4.71. The lowest BCUT2D eigenvalue weighted by Gasteiger charge is -2.27. The number of amides is 4. The highest BCUT2D eigenvalue weighted by Gasteiger charge is 2.36. The number of hydrogen-bond acceptors (Lipinski definition) is 5. The largest absolute Gasteiger partial charge is 0.444 e. The van der Waals surface area contributed by atoms with Crippen LogP contribution in [0.25, 0.3) is 10.8 Å². The summed E-state index contributed by atoms with van der Waals surface area (Å²) in [4.78, 5) is 55.2. The van der Waals surface area contributed by atoms with E-state index in [-0.39, 0.29) is 31.4 Å². The molecule has 3 aromatic carbocycles. The summed E-state index contributed by atoms with van der Waals surface area (Å²) in [7, 11) is 0. The summed E-state index contributed by atoms with van der Waals surface area (Å²) in [6, 6.07) is 20.2. The molecular weight excluding hydrogens is 508 g/mol. The molecule has 4 amide bonds. The molecule has 40 heavy (non-hydrogen) atoms. The van der Waals surface area contributed by atoms with Crippen LogP contribution in [0.4, 0.5) is 16.2 Å². The van der Waals surface area contributed by atoms with Crippen LogP contribution in [0.3, 0.4) is 0 Å². The molecule has 2 N–H and O–H groups in total. The molecule has 1 aliphatic rings. The number of alkyl carbamates (subject to hydrolysis) is 1. The molecule has 0 saturated heterocycles. The molecule has 3 aromatic rings. The van der Waals surface area contributed by atoms with E-state index in [0.717, 1.165) is 16.3 Å². The summed E-state index contributed by atoms with van der Waals surface area (Å²) in [5.74, 6) is -1.65. The molecule has 0 fully saturated rings. The zero-order chi connectivity index (χ0) is 29.0. The lowest BCUT2D eigenvalue weighted by atomic mass is 10.0. The van der Waals surface area contributed by atoms with E-state index in [9.17, 15) is 19.2 Å². The Balaban J connectivity index is 1.61. The van der Waals surface area contributed by atoms with Crippen molar-refractivity contribution in [3.63, 3.8) is 0 Å². The predicted molar refractivity (Wildman–Crippen MR) is 155 cm³/mol. The molecule has 1 heterocycles. The van der Waals surface area contributed by atoms with Gasteiger partial charge >= 0.3 is 6.09 Å². The van der Waals surface area contributed by atoms with Gasteiger partial charge in [0, 0.05) is 13.5 Å². The quantitative estimate of drug-likeness (QED) is 0.479. The van der Waals surface area contributed by atoms with Crippen molar-refractivity contribution in [1.82, 2.24) is 10.6 Å². The van der Waals surface area contributed by atoms with E-state index in [1.165, 1.54) is 11.8 Å². The normalized spacial score (nSPS) is 16.1. The average molecular weight is 545 g/mol. The van der Waals surface area contributed by atoms with Gasteiger partial charge in [0.05, 0.1) is 30.4 Å². The first-order valence-electron chi connectivity index (χ1n) is 13.4. The fourth-order valence-corrected chi connectivity index (χ4v) is 4.71. The second kappa shape index (κ2) is 11.8. The smallest absolute Gasteiger partial charge is 0.407 e. The molecule has 0 bridgehead atoms. The van der Waals surface area contributed by atoms with Crippen molar-refractivity contribution in [2.75, 3.05) is 22.9 Å². The molecular formula is C31H36N4O5. The monoisotopic (exact) mass is 544 g/mol. The molecule has 0 spiro atoms. The summed E-state index contributed by atoms with van der Waals surface area (Å²) in [6.07, 6.45) is -0.628. The Morgan fingerprint density at radius 2 is 1.62 bits per heavy atom. The lowest BCUT2D eigenvalue weighted by molar-refractivity contribution is -0.129. The number of fused-ring (bicyclic) bond motifs is 2. The third-order valence-electron chi connectivity index (χ3n) is 6.70. The highest BCUT2D eigenvalue weighted by Crippen LogP contribution is 2.35. The Morgan fingerprint density at radius 1 is 0.975 bits per heavy atom. The van der Waals surface area contributed by atoms with Gasteiger partial charge in [0.2, 0.25) is 11.8 Å². The number of benzene rings is 3. The number of nitrogens with zero attached hydrogens (tertiary/aromatic N) is 2. The second-order valence-electron chi connectivity index (χ2n) is 11.0. The fraction of sp³-hybridized carbons (Fsp3) is 0.355. The Kier molecular flexibility index (Phi) is 8.42. The molecule has 210 valence electrons. The van der Waals surface area contributed by atoms with Crippen LogP contribution in [0.5, 0.6) is 0 Å². The minimum atomic E-state index is -0.997. The molecule has 1 aliphatic heterocycles. The summed E-state index contributed by atoms with van der Waals surface area (Å²) in [5.41, 5.74) is 1.46. The summed E-state index contributed by atoms with van der Waals surface area (Å²) in [5, 5.41) is 7.51. The standard InChI is InChI=1S/C31H36N4O5/c1-20(17-32-30(39)40-31(3,4)5)28(37)33-25-19-34(21(2)36)26-15-8-9-16-27(26)35(29(25)38)18-23-13-10-12-22-11-6-7-14-24(22)23/h6-16,20,25H,17-19H2,1-5H3,(H,32,39)(H,33,37)/t20-,25-/m0/s1. The molecule has 0 aromatic heterocycles. The number of nitrogens with one attached hydrogen (secondary N) is 2. The highest BCUT2D eigenvalue weighted by molar-refractivity contribution is 6.08. The van der Waals surface area contributed by atoms with Crippen LogP contribution in [0.1, 0.15) is 40.2 Å². The number of para-hydroxylation sites is 2. The van der Waals surface area contributed by atoms with Crippen molar-refractivity contribution in [2.45, 2.75) is 52.8 Å². The van der Waals surface area contributed by atoms with E-state index in [2.05, 4.69) is 10.6 Å². The van der Waals surface area contributed by atoms with Crippen LogP contribution in [-0.2, 0) is 25.7 Å².